The molecule has 1 aromatic carbocycles. The molecule has 2 nitrogen and oxygen atoms in total. The third kappa shape index (κ3) is 2.49. The van der Waals surface area contributed by atoms with Crippen LogP contribution < -0.4 is 5.32 Å². The Morgan fingerprint density at radius 3 is 3.05 bits per heavy atom. The van der Waals surface area contributed by atoms with Crippen molar-refractivity contribution in [3.05, 3.63) is 58.3 Å². The van der Waals surface area contributed by atoms with Crippen LogP contribution in [0.5, 0.6) is 0 Å². The number of fused-ring (bicyclic) bond motifs is 1. The number of halogens is 1. The molecule has 1 aliphatic carbocycles. The number of nitrogens with zero attached hydrogens (tertiary/aromatic N) is 1. The molecule has 1 heterocycles. The lowest BCUT2D eigenvalue weighted by Gasteiger charge is -2.24. The summed E-state index contributed by atoms with van der Waals surface area (Å²) in [6.07, 6.45) is 5.21. The number of anilines is 1. The molecule has 100 valence electrons. The Hall–Kier alpha value is -1.63. The quantitative estimate of drug-likeness (QED) is 0.807. The Balaban J connectivity index is 1.97. The number of benzene rings is 1. The molecular formula is C16H13ClN2S. The van der Waals surface area contributed by atoms with Gasteiger partial charge in [0, 0.05) is 16.3 Å². The van der Waals surface area contributed by atoms with E-state index < -0.39 is 0 Å². The van der Waals surface area contributed by atoms with Gasteiger partial charge in [-0.15, -0.1) is 11.8 Å². The normalized spacial score (nSPS) is 21.2. The molecule has 0 saturated heterocycles. The van der Waals surface area contributed by atoms with Crippen LogP contribution in [0.2, 0.25) is 0 Å². The average Bonchev–Trinajstić information content (AvgIpc) is 2.49. The van der Waals surface area contributed by atoms with Gasteiger partial charge in [-0.25, -0.2) is 0 Å². The number of allylic oxidation sites excluding steroid dienone is 5. The first-order valence-corrected chi connectivity index (χ1v) is 7.79. The molecule has 2 aliphatic rings. The molecule has 20 heavy (non-hydrogen) atoms. The molecule has 0 amide bonds. The highest BCUT2D eigenvalue weighted by atomic mass is 35.5. The first-order chi connectivity index (χ1) is 9.79. The lowest BCUT2D eigenvalue weighted by atomic mass is 9.98. The van der Waals surface area contributed by atoms with Gasteiger partial charge < -0.3 is 5.32 Å². The summed E-state index contributed by atoms with van der Waals surface area (Å²) >= 11 is 8.27. The van der Waals surface area contributed by atoms with Gasteiger partial charge in [0.05, 0.1) is 23.2 Å². The predicted octanol–water partition coefficient (Wildman–Crippen LogP) is 4.82. The van der Waals surface area contributed by atoms with Crippen molar-refractivity contribution in [1.82, 2.24) is 0 Å². The second kappa shape index (κ2) is 5.78. The van der Waals surface area contributed by atoms with E-state index in [9.17, 15) is 0 Å². The van der Waals surface area contributed by atoms with Crippen LogP contribution in [-0.4, -0.2) is 5.75 Å². The summed E-state index contributed by atoms with van der Waals surface area (Å²) in [5.74, 6) is 0.885. The van der Waals surface area contributed by atoms with Gasteiger partial charge >= 0.3 is 0 Å². The van der Waals surface area contributed by atoms with Gasteiger partial charge in [0.15, 0.2) is 0 Å². The number of thioether (sulfide) groups is 1. The maximum absolute atomic E-state index is 8.85. The number of para-hydroxylation sites is 1. The minimum Gasteiger partial charge on any atom is -0.357 e. The summed E-state index contributed by atoms with van der Waals surface area (Å²) in [5.41, 5.74) is 4.31. The molecule has 4 heteroatoms. The highest BCUT2D eigenvalue weighted by molar-refractivity contribution is 7.99. The van der Waals surface area contributed by atoms with Crippen molar-refractivity contribution in [3.63, 3.8) is 0 Å². The van der Waals surface area contributed by atoms with E-state index in [0.717, 1.165) is 39.7 Å². The van der Waals surface area contributed by atoms with Crippen molar-refractivity contribution in [3.8, 4) is 6.07 Å². The summed E-state index contributed by atoms with van der Waals surface area (Å²) in [5, 5.41) is 13.1. The predicted molar refractivity (Wildman–Crippen MR) is 84.7 cm³/mol. The van der Waals surface area contributed by atoms with Gasteiger partial charge in [-0.05, 0) is 29.7 Å². The fourth-order valence-corrected chi connectivity index (χ4v) is 3.68. The van der Waals surface area contributed by atoms with Crippen molar-refractivity contribution >= 4 is 29.1 Å². The van der Waals surface area contributed by atoms with E-state index in [1.54, 1.807) is 0 Å². The van der Waals surface area contributed by atoms with Crippen molar-refractivity contribution in [1.29, 1.82) is 5.26 Å². The second-order valence-electron chi connectivity index (χ2n) is 4.65. The summed E-state index contributed by atoms with van der Waals surface area (Å²) in [7, 11) is 0. The van der Waals surface area contributed by atoms with Crippen LogP contribution in [0.4, 0.5) is 5.69 Å². The molecule has 0 atom stereocenters. The zero-order chi connectivity index (χ0) is 13.9. The molecule has 0 bridgehead atoms. The van der Waals surface area contributed by atoms with E-state index in [4.69, 9.17) is 16.9 Å². The molecular weight excluding hydrogens is 288 g/mol. The van der Waals surface area contributed by atoms with E-state index in [1.807, 2.05) is 30.0 Å². The Morgan fingerprint density at radius 2 is 2.20 bits per heavy atom. The largest absolute Gasteiger partial charge is 0.357 e. The second-order valence-corrected chi connectivity index (χ2v) is 6.04. The summed E-state index contributed by atoms with van der Waals surface area (Å²) in [6, 6.07) is 10.4. The topological polar surface area (TPSA) is 35.8 Å². The van der Waals surface area contributed by atoms with Crippen molar-refractivity contribution in [2.24, 2.45) is 0 Å². The molecule has 1 aliphatic heterocycles. The summed E-state index contributed by atoms with van der Waals surface area (Å²) in [6.45, 7) is 0. The molecule has 3 rings (SSSR count). The number of nitriles is 1. The summed E-state index contributed by atoms with van der Waals surface area (Å²) in [4.78, 5) is 1.26. The number of hydrogen-bond donors (Lipinski definition) is 1. The number of hydrogen-bond acceptors (Lipinski definition) is 3. The van der Waals surface area contributed by atoms with E-state index in [2.05, 4.69) is 29.6 Å². The van der Waals surface area contributed by atoms with E-state index in [-0.39, 0.29) is 0 Å². The van der Waals surface area contributed by atoms with Gasteiger partial charge in [-0.2, -0.15) is 5.26 Å². The van der Waals surface area contributed by atoms with Gasteiger partial charge in [0.2, 0.25) is 0 Å². The van der Waals surface area contributed by atoms with Crippen molar-refractivity contribution < 1.29 is 0 Å². The first kappa shape index (κ1) is 13.4. The minimum atomic E-state index is 0.357. The highest BCUT2D eigenvalue weighted by Crippen LogP contribution is 2.39. The molecule has 0 spiro atoms. The fraction of sp³-hybridized carbons (Fsp3) is 0.188. The molecule has 1 N–H and O–H groups in total. The first-order valence-electron chi connectivity index (χ1n) is 6.43. The van der Waals surface area contributed by atoms with Crippen LogP contribution in [0.1, 0.15) is 12.8 Å². The van der Waals surface area contributed by atoms with E-state index in [1.165, 1.54) is 4.90 Å². The molecule has 0 radical (unpaired) electrons. The van der Waals surface area contributed by atoms with Gasteiger partial charge in [-0.3, -0.25) is 0 Å². The van der Waals surface area contributed by atoms with E-state index >= 15 is 0 Å². The van der Waals surface area contributed by atoms with Crippen LogP contribution >= 0.6 is 23.4 Å². The highest BCUT2D eigenvalue weighted by Gasteiger charge is 2.20. The number of nitrogens with one attached hydrogen (secondary N) is 1. The van der Waals surface area contributed by atoms with Crippen LogP contribution in [0.15, 0.2) is 63.2 Å². The van der Waals surface area contributed by atoms with Crippen LogP contribution in [0.25, 0.3) is 0 Å². The van der Waals surface area contributed by atoms with Crippen LogP contribution in [0, 0.1) is 11.3 Å². The summed E-state index contributed by atoms with van der Waals surface area (Å²) < 4.78 is 0. The van der Waals surface area contributed by atoms with Crippen molar-refractivity contribution in [2.75, 3.05) is 11.1 Å². The third-order valence-corrected chi connectivity index (χ3v) is 4.94. The zero-order valence-electron chi connectivity index (χ0n) is 10.8. The lowest BCUT2D eigenvalue weighted by molar-refractivity contribution is 1.11. The van der Waals surface area contributed by atoms with Crippen molar-refractivity contribution in [2.45, 2.75) is 17.7 Å². The van der Waals surface area contributed by atoms with Gasteiger partial charge in [0.1, 0.15) is 0 Å². The standard InChI is InChI=1S/C16H13ClN2S/c17-16-11(8-9-18)4-3-5-12(16)14-10-20-15-7-2-1-6-13(15)19-14/h1-4,6-7,19H,5,8,10H2. The van der Waals surface area contributed by atoms with Gasteiger partial charge in [0.25, 0.3) is 0 Å². The van der Waals surface area contributed by atoms with Gasteiger partial charge in [-0.1, -0.05) is 35.9 Å². The molecule has 0 fully saturated rings. The molecule has 0 unspecified atom stereocenters. The third-order valence-electron chi connectivity index (χ3n) is 3.37. The maximum Gasteiger partial charge on any atom is 0.0670 e. The molecule has 0 saturated carbocycles. The Morgan fingerprint density at radius 1 is 1.35 bits per heavy atom. The lowest BCUT2D eigenvalue weighted by Crippen LogP contribution is -2.13. The van der Waals surface area contributed by atoms with Crippen LogP contribution in [0.3, 0.4) is 0 Å². The maximum atomic E-state index is 8.85. The molecule has 1 aromatic rings. The minimum absolute atomic E-state index is 0.357. The smallest absolute Gasteiger partial charge is 0.0670 e. The Labute approximate surface area is 127 Å². The number of rotatable bonds is 1. The Kier molecular flexibility index (Phi) is 3.86. The Bertz CT molecular complexity index is 680. The van der Waals surface area contributed by atoms with E-state index in [0.29, 0.717) is 6.42 Å². The average molecular weight is 301 g/mol. The monoisotopic (exact) mass is 300 g/mol. The van der Waals surface area contributed by atoms with Crippen LogP contribution in [-0.2, 0) is 0 Å². The SMILES string of the molecule is N#CCC1=C(Cl)C(=C2CSc3ccccc3N2)CC=C1. The molecule has 0 aromatic heterocycles. The zero-order valence-corrected chi connectivity index (χ0v) is 12.4. The fourth-order valence-electron chi connectivity index (χ4n) is 2.36.